The molecule has 1 aromatic carbocycles. The third kappa shape index (κ3) is 4.19. The second kappa shape index (κ2) is 6.84. The van der Waals surface area contributed by atoms with Gasteiger partial charge in [0.1, 0.15) is 0 Å². The molecule has 1 rings (SSSR count). The van der Waals surface area contributed by atoms with Gasteiger partial charge in [0, 0.05) is 36.4 Å². The van der Waals surface area contributed by atoms with Gasteiger partial charge in [-0.25, -0.2) is 0 Å². The van der Waals surface area contributed by atoms with Gasteiger partial charge in [0.2, 0.25) is 0 Å². The normalized spacial score (nSPS) is 10.9. The van der Waals surface area contributed by atoms with Gasteiger partial charge in [0.25, 0.3) is 0 Å². The maximum atomic E-state index is 6.14. The summed E-state index contributed by atoms with van der Waals surface area (Å²) in [4.78, 5) is 4.41. The Morgan fingerprint density at radius 2 is 1.88 bits per heavy atom. The average Bonchev–Trinajstić information content (AvgIpc) is 2.28. The minimum atomic E-state index is 0.479. The van der Waals surface area contributed by atoms with Crippen LogP contribution in [0, 0.1) is 0 Å². The topological polar surface area (TPSA) is 32.5 Å². The summed E-state index contributed by atoms with van der Waals surface area (Å²) in [6.07, 6.45) is 1.13. The van der Waals surface area contributed by atoms with Crippen molar-refractivity contribution >= 4 is 17.3 Å². The zero-order valence-corrected chi connectivity index (χ0v) is 11.7. The molecule has 0 aliphatic carbocycles. The molecule has 0 aliphatic rings. The summed E-state index contributed by atoms with van der Waals surface area (Å²) in [6, 6.07) is 5.93. The number of benzene rings is 1. The Labute approximate surface area is 109 Å². The minimum Gasteiger partial charge on any atom is -0.374 e. The highest BCUT2D eigenvalue weighted by atomic mass is 35.5. The molecule has 2 N–H and O–H groups in total. The van der Waals surface area contributed by atoms with E-state index in [9.17, 15) is 0 Å². The summed E-state index contributed by atoms with van der Waals surface area (Å²) < 4.78 is 0. The fourth-order valence-corrected chi connectivity index (χ4v) is 2.10. The molecule has 0 aromatic heterocycles. The smallest absolute Gasteiger partial charge is 0.0471 e. The molecule has 0 aliphatic heterocycles. The van der Waals surface area contributed by atoms with E-state index in [-0.39, 0.29) is 0 Å². The van der Waals surface area contributed by atoms with Crippen LogP contribution in [-0.4, -0.2) is 39.1 Å². The summed E-state index contributed by atoms with van der Waals surface area (Å²) in [6.45, 7) is 2.57. The van der Waals surface area contributed by atoms with Gasteiger partial charge in [-0.2, -0.15) is 0 Å². The standard InChI is InChI=1S/C13H22ClN3/c1-16(2)8-5-9-17(3)13-7-4-6-12(14)11(13)10-15/h4,6-7H,5,8-10,15H2,1-3H3. The number of anilines is 1. The van der Waals surface area contributed by atoms with Crippen molar-refractivity contribution in [1.82, 2.24) is 4.90 Å². The van der Waals surface area contributed by atoms with Gasteiger partial charge >= 0.3 is 0 Å². The predicted molar refractivity (Wildman–Crippen MR) is 75.8 cm³/mol. The molecule has 1 aromatic rings. The van der Waals surface area contributed by atoms with E-state index >= 15 is 0 Å². The number of rotatable bonds is 6. The fourth-order valence-electron chi connectivity index (χ4n) is 1.85. The number of hydrogen-bond donors (Lipinski definition) is 1. The van der Waals surface area contributed by atoms with E-state index in [1.807, 2.05) is 12.1 Å². The molecule has 0 radical (unpaired) electrons. The van der Waals surface area contributed by atoms with Crippen LogP contribution < -0.4 is 10.6 Å². The Morgan fingerprint density at radius 3 is 2.47 bits per heavy atom. The Kier molecular flexibility index (Phi) is 5.75. The number of nitrogens with two attached hydrogens (primary N) is 1. The Morgan fingerprint density at radius 1 is 1.18 bits per heavy atom. The van der Waals surface area contributed by atoms with Gasteiger partial charge in [-0.3, -0.25) is 0 Å². The highest BCUT2D eigenvalue weighted by Gasteiger charge is 2.09. The number of halogens is 1. The highest BCUT2D eigenvalue weighted by molar-refractivity contribution is 6.31. The minimum absolute atomic E-state index is 0.479. The monoisotopic (exact) mass is 255 g/mol. The quantitative estimate of drug-likeness (QED) is 0.846. The molecule has 4 heteroatoms. The van der Waals surface area contributed by atoms with Crippen LogP contribution in [0.4, 0.5) is 5.69 Å². The molecule has 96 valence electrons. The van der Waals surface area contributed by atoms with Crippen molar-refractivity contribution in [3.63, 3.8) is 0 Å². The lowest BCUT2D eigenvalue weighted by molar-refractivity contribution is 0.401. The van der Waals surface area contributed by atoms with E-state index in [0.717, 1.165) is 35.8 Å². The first-order valence-corrected chi connectivity index (χ1v) is 6.27. The van der Waals surface area contributed by atoms with E-state index in [1.54, 1.807) is 0 Å². The maximum Gasteiger partial charge on any atom is 0.0471 e. The van der Waals surface area contributed by atoms with Gasteiger partial charge < -0.3 is 15.5 Å². The third-order valence-corrected chi connectivity index (χ3v) is 3.16. The molecule has 0 amide bonds. The van der Waals surface area contributed by atoms with E-state index in [4.69, 9.17) is 17.3 Å². The van der Waals surface area contributed by atoms with Crippen molar-refractivity contribution in [3.8, 4) is 0 Å². The molecule has 0 atom stereocenters. The van der Waals surface area contributed by atoms with Crippen molar-refractivity contribution in [2.75, 3.05) is 39.1 Å². The Hall–Kier alpha value is -0.770. The SMILES string of the molecule is CN(C)CCCN(C)c1cccc(Cl)c1CN. The van der Waals surface area contributed by atoms with Crippen LogP contribution in [0.15, 0.2) is 18.2 Å². The summed E-state index contributed by atoms with van der Waals surface area (Å²) in [5.41, 5.74) is 7.91. The molecule has 17 heavy (non-hydrogen) atoms. The van der Waals surface area contributed by atoms with Crippen LogP contribution in [0.2, 0.25) is 5.02 Å². The molecule has 0 saturated carbocycles. The molecule has 0 heterocycles. The second-order valence-electron chi connectivity index (χ2n) is 4.52. The van der Waals surface area contributed by atoms with Gasteiger partial charge in [-0.05, 0) is 39.2 Å². The zero-order chi connectivity index (χ0) is 12.8. The molecule has 0 spiro atoms. The second-order valence-corrected chi connectivity index (χ2v) is 4.93. The average molecular weight is 256 g/mol. The van der Waals surface area contributed by atoms with Crippen molar-refractivity contribution in [3.05, 3.63) is 28.8 Å². The van der Waals surface area contributed by atoms with Gasteiger partial charge in [0.15, 0.2) is 0 Å². The van der Waals surface area contributed by atoms with Crippen LogP contribution in [0.1, 0.15) is 12.0 Å². The zero-order valence-electron chi connectivity index (χ0n) is 10.9. The first-order chi connectivity index (χ1) is 8.06. The molecule has 3 nitrogen and oxygen atoms in total. The van der Waals surface area contributed by atoms with E-state index in [0.29, 0.717) is 6.54 Å². The molecule has 0 bridgehead atoms. The van der Waals surface area contributed by atoms with Crippen molar-refractivity contribution < 1.29 is 0 Å². The van der Waals surface area contributed by atoms with Crippen LogP contribution in [-0.2, 0) is 6.54 Å². The maximum absolute atomic E-state index is 6.14. The molecule has 0 saturated heterocycles. The van der Waals surface area contributed by atoms with Crippen LogP contribution in [0.3, 0.4) is 0 Å². The van der Waals surface area contributed by atoms with Crippen molar-refractivity contribution in [2.45, 2.75) is 13.0 Å². The third-order valence-electron chi connectivity index (χ3n) is 2.81. The fraction of sp³-hybridized carbons (Fsp3) is 0.538. The van der Waals surface area contributed by atoms with Crippen molar-refractivity contribution in [2.24, 2.45) is 5.73 Å². The number of nitrogens with zero attached hydrogens (tertiary/aromatic N) is 2. The summed E-state index contributed by atoms with van der Waals surface area (Å²) >= 11 is 6.14. The van der Waals surface area contributed by atoms with Crippen LogP contribution >= 0.6 is 11.6 Å². The molecule has 0 fully saturated rings. The molecular formula is C13H22ClN3. The highest BCUT2D eigenvalue weighted by Crippen LogP contribution is 2.26. The predicted octanol–water partition coefficient (Wildman–Crippen LogP) is 2.19. The van der Waals surface area contributed by atoms with E-state index in [1.165, 1.54) is 0 Å². The van der Waals surface area contributed by atoms with Gasteiger partial charge in [-0.15, -0.1) is 0 Å². The van der Waals surface area contributed by atoms with E-state index < -0.39 is 0 Å². The summed E-state index contributed by atoms with van der Waals surface area (Å²) in [7, 11) is 6.26. The van der Waals surface area contributed by atoms with Crippen LogP contribution in [0.5, 0.6) is 0 Å². The van der Waals surface area contributed by atoms with Crippen LogP contribution in [0.25, 0.3) is 0 Å². The Balaban J connectivity index is 2.68. The first kappa shape index (κ1) is 14.3. The molecule has 0 unspecified atom stereocenters. The lowest BCUT2D eigenvalue weighted by Crippen LogP contribution is -2.24. The molecular weight excluding hydrogens is 234 g/mol. The van der Waals surface area contributed by atoms with E-state index in [2.05, 4.69) is 37.0 Å². The lowest BCUT2D eigenvalue weighted by atomic mass is 10.1. The lowest BCUT2D eigenvalue weighted by Gasteiger charge is -2.23. The van der Waals surface area contributed by atoms with Gasteiger partial charge in [-0.1, -0.05) is 17.7 Å². The summed E-state index contributed by atoms with van der Waals surface area (Å²) in [5.74, 6) is 0. The van der Waals surface area contributed by atoms with Crippen molar-refractivity contribution in [1.29, 1.82) is 0 Å². The largest absolute Gasteiger partial charge is 0.374 e. The number of hydrogen-bond acceptors (Lipinski definition) is 3. The Bertz CT molecular complexity index is 353. The first-order valence-electron chi connectivity index (χ1n) is 5.89. The van der Waals surface area contributed by atoms with Gasteiger partial charge in [0.05, 0.1) is 0 Å². The summed E-state index contributed by atoms with van der Waals surface area (Å²) in [5, 5.41) is 0.754.